The quantitative estimate of drug-likeness (QED) is 0.789. The van der Waals surface area contributed by atoms with E-state index in [1.807, 2.05) is 6.07 Å². The zero-order valence-electron chi connectivity index (χ0n) is 13.2. The van der Waals surface area contributed by atoms with Gasteiger partial charge in [-0.05, 0) is 19.9 Å². The Balaban J connectivity index is 2.36. The lowest BCUT2D eigenvalue weighted by molar-refractivity contribution is -0.139. The van der Waals surface area contributed by atoms with E-state index in [1.165, 1.54) is 0 Å². The fraction of sp³-hybridized carbons (Fsp3) is 0.235. The van der Waals surface area contributed by atoms with E-state index < -0.39 is 17.4 Å². The molecule has 2 aliphatic heterocycles. The van der Waals surface area contributed by atoms with Gasteiger partial charge >= 0.3 is 5.97 Å². The van der Waals surface area contributed by atoms with Crippen LogP contribution in [0.4, 0.5) is 0 Å². The monoisotopic (exact) mass is 325 g/mol. The third-order valence-electron chi connectivity index (χ3n) is 4.08. The van der Waals surface area contributed by atoms with Gasteiger partial charge in [-0.2, -0.15) is 5.26 Å². The molecule has 0 radical (unpaired) electrons. The highest BCUT2D eigenvalue weighted by atomic mass is 16.5. The summed E-state index contributed by atoms with van der Waals surface area (Å²) in [5, 5.41) is 12.4. The molecule has 1 unspecified atom stereocenters. The summed E-state index contributed by atoms with van der Waals surface area (Å²) < 4.78 is 10.4. The average Bonchev–Trinajstić information content (AvgIpc) is 2.81. The standard InChI is InChI=1S/C17H15N3O4/c1-3-23-16(22)13-14(19)24-9(2)12(8-18)17(13)11-7-5-4-6-10(11)15(21)20-17/h4-7H,3,19H2,1-2H3,(H,20,21). The van der Waals surface area contributed by atoms with Gasteiger partial charge in [0, 0.05) is 11.1 Å². The number of fused-ring (bicyclic) bond motifs is 2. The van der Waals surface area contributed by atoms with Gasteiger partial charge in [-0.15, -0.1) is 0 Å². The van der Waals surface area contributed by atoms with Crippen LogP contribution in [0.25, 0.3) is 0 Å². The Hall–Kier alpha value is -3.27. The van der Waals surface area contributed by atoms with Gasteiger partial charge in [0.1, 0.15) is 28.5 Å². The highest BCUT2D eigenvalue weighted by molar-refractivity contribution is 6.06. The first-order valence-corrected chi connectivity index (χ1v) is 7.36. The van der Waals surface area contributed by atoms with Crippen molar-refractivity contribution in [3.63, 3.8) is 0 Å². The molecular weight excluding hydrogens is 310 g/mol. The van der Waals surface area contributed by atoms with Crippen LogP contribution in [0.15, 0.2) is 47.1 Å². The van der Waals surface area contributed by atoms with Gasteiger partial charge < -0.3 is 20.5 Å². The lowest BCUT2D eigenvalue weighted by Gasteiger charge is -2.35. The fourth-order valence-corrected chi connectivity index (χ4v) is 3.17. The largest absolute Gasteiger partial charge is 0.462 e. The molecule has 7 heteroatoms. The Morgan fingerprint density at radius 1 is 1.46 bits per heavy atom. The molecule has 3 N–H and O–H groups in total. The zero-order chi connectivity index (χ0) is 17.5. The Labute approximate surface area is 138 Å². The summed E-state index contributed by atoms with van der Waals surface area (Å²) in [6.07, 6.45) is 0. The van der Waals surface area contributed by atoms with Gasteiger partial charge in [-0.3, -0.25) is 4.79 Å². The molecule has 1 aromatic rings. The number of hydrogen-bond donors (Lipinski definition) is 2. The lowest BCUT2D eigenvalue weighted by Crippen LogP contribution is -2.49. The lowest BCUT2D eigenvalue weighted by atomic mass is 9.76. The van der Waals surface area contributed by atoms with E-state index in [1.54, 1.807) is 38.1 Å². The van der Waals surface area contributed by atoms with Crippen LogP contribution in [0.5, 0.6) is 0 Å². The number of nitrogens with one attached hydrogen (secondary N) is 1. The molecule has 1 spiro atoms. The predicted octanol–water partition coefficient (Wildman–Crippen LogP) is 1.19. The molecule has 0 aromatic heterocycles. The summed E-state index contributed by atoms with van der Waals surface area (Å²) in [4.78, 5) is 25.0. The predicted molar refractivity (Wildman–Crippen MR) is 82.8 cm³/mol. The summed E-state index contributed by atoms with van der Waals surface area (Å²) in [6, 6.07) is 8.76. The molecular formula is C17H15N3O4. The summed E-state index contributed by atoms with van der Waals surface area (Å²) in [5.41, 5.74) is 5.28. The Morgan fingerprint density at radius 3 is 2.83 bits per heavy atom. The second-order valence-corrected chi connectivity index (χ2v) is 5.35. The maximum Gasteiger partial charge on any atom is 0.342 e. The molecule has 1 atom stereocenters. The molecule has 2 heterocycles. The molecule has 3 rings (SSSR count). The number of carbonyl (C=O) groups excluding carboxylic acids is 2. The zero-order valence-corrected chi connectivity index (χ0v) is 13.2. The number of nitrogens with zero attached hydrogens (tertiary/aromatic N) is 1. The van der Waals surface area contributed by atoms with Crippen molar-refractivity contribution in [1.29, 1.82) is 5.26 Å². The number of esters is 1. The third kappa shape index (κ3) is 1.90. The topological polar surface area (TPSA) is 114 Å². The summed E-state index contributed by atoms with van der Waals surface area (Å²) in [7, 11) is 0. The number of nitrogens with two attached hydrogens (primary N) is 1. The molecule has 0 saturated heterocycles. The van der Waals surface area contributed by atoms with Gasteiger partial charge in [0.2, 0.25) is 5.88 Å². The van der Waals surface area contributed by atoms with Crippen molar-refractivity contribution < 1.29 is 19.1 Å². The maximum absolute atomic E-state index is 12.5. The van der Waals surface area contributed by atoms with Crippen molar-refractivity contribution in [2.45, 2.75) is 19.4 Å². The van der Waals surface area contributed by atoms with Crippen LogP contribution in [-0.4, -0.2) is 18.5 Å². The van der Waals surface area contributed by atoms with Crippen molar-refractivity contribution in [3.8, 4) is 6.07 Å². The molecule has 1 amide bonds. The number of rotatable bonds is 2. The van der Waals surface area contributed by atoms with Crippen LogP contribution in [0.1, 0.15) is 29.8 Å². The van der Waals surface area contributed by atoms with Crippen LogP contribution < -0.4 is 11.1 Å². The Bertz CT molecular complexity index is 863. The molecule has 2 aliphatic rings. The second-order valence-electron chi connectivity index (χ2n) is 5.35. The molecule has 0 fully saturated rings. The van der Waals surface area contributed by atoms with E-state index in [0.717, 1.165) is 0 Å². The number of ether oxygens (including phenoxy) is 2. The first kappa shape index (κ1) is 15.6. The molecule has 0 saturated carbocycles. The van der Waals surface area contributed by atoms with Crippen LogP contribution >= 0.6 is 0 Å². The number of carbonyl (C=O) groups is 2. The van der Waals surface area contributed by atoms with Crippen LogP contribution in [0.2, 0.25) is 0 Å². The molecule has 7 nitrogen and oxygen atoms in total. The third-order valence-corrected chi connectivity index (χ3v) is 4.08. The van der Waals surface area contributed by atoms with Gasteiger partial charge in [0.05, 0.1) is 6.61 Å². The number of nitriles is 1. The highest BCUT2D eigenvalue weighted by Gasteiger charge is 2.56. The van der Waals surface area contributed by atoms with Crippen molar-refractivity contribution in [2.75, 3.05) is 6.61 Å². The van der Waals surface area contributed by atoms with Crippen molar-refractivity contribution in [2.24, 2.45) is 5.73 Å². The van der Waals surface area contributed by atoms with E-state index in [9.17, 15) is 14.9 Å². The second kappa shape index (κ2) is 5.42. The average molecular weight is 325 g/mol. The van der Waals surface area contributed by atoms with Crippen molar-refractivity contribution in [3.05, 3.63) is 58.2 Å². The Morgan fingerprint density at radius 2 is 2.17 bits per heavy atom. The summed E-state index contributed by atoms with van der Waals surface area (Å²) >= 11 is 0. The number of allylic oxidation sites excluding steroid dienone is 1. The number of benzene rings is 1. The molecule has 24 heavy (non-hydrogen) atoms. The Kier molecular flexibility index (Phi) is 3.53. The first-order chi connectivity index (χ1) is 11.5. The first-order valence-electron chi connectivity index (χ1n) is 7.36. The van der Waals surface area contributed by atoms with Gasteiger partial charge in [-0.25, -0.2) is 4.79 Å². The SMILES string of the molecule is CCOC(=O)C1=C(N)OC(C)=C(C#N)C12NC(=O)c1ccccc12. The van der Waals surface area contributed by atoms with E-state index in [2.05, 4.69) is 5.32 Å². The number of amides is 1. The fourth-order valence-electron chi connectivity index (χ4n) is 3.17. The molecule has 0 aliphatic carbocycles. The van der Waals surface area contributed by atoms with E-state index >= 15 is 0 Å². The van der Waals surface area contributed by atoms with Crippen LogP contribution in [0, 0.1) is 11.3 Å². The normalized spacial score (nSPS) is 22.0. The molecule has 122 valence electrons. The van der Waals surface area contributed by atoms with Crippen LogP contribution in [-0.2, 0) is 19.8 Å². The van der Waals surface area contributed by atoms with E-state index in [0.29, 0.717) is 11.1 Å². The smallest absolute Gasteiger partial charge is 0.342 e. The van der Waals surface area contributed by atoms with Gasteiger partial charge in [0.25, 0.3) is 5.91 Å². The summed E-state index contributed by atoms with van der Waals surface area (Å²) in [6.45, 7) is 3.33. The molecule has 0 bridgehead atoms. The minimum Gasteiger partial charge on any atom is -0.462 e. The summed E-state index contributed by atoms with van der Waals surface area (Å²) in [5.74, 6) is -1.11. The number of hydrogen-bond acceptors (Lipinski definition) is 6. The van der Waals surface area contributed by atoms with E-state index in [-0.39, 0.29) is 29.4 Å². The maximum atomic E-state index is 12.5. The highest BCUT2D eigenvalue weighted by Crippen LogP contribution is 2.47. The van der Waals surface area contributed by atoms with Gasteiger partial charge in [-0.1, -0.05) is 18.2 Å². The van der Waals surface area contributed by atoms with Crippen LogP contribution in [0.3, 0.4) is 0 Å². The van der Waals surface area contributed by atoms with Crippen molar-refractivity contribution in [1.82, 2.24) is 5.32 Å². The van der Waals surface area contributed by atoms with E-state index in [4.69, 9.17) is 15.2 Å². The molecule has 1 aromatic carbocycles. The van der Waals surface area contributed by atoms with Gasteiger partial charge in [0.15, 0.2) is 0 Å². The van der Waals surface area contributed by atoms with Crippen molar-refractivity contribution >= 4 is 11.9 Å². The minimum atomic E-state index is -1.50. The minimum absolute atomic E-state index is 0.0928.